The molecule has 2 aromatic rings. The largest absolute Gasteiger partial charge is 0.388 e. The van der Waals surface area contributed by atoms with Gasteiger partial charge in [-0.25, -0.2) is 9.67 Å². The molecule has 0 radical (unpaired) electrons. The third-order valence-electron chi connectivity index (χ3n) is 6.72. The van der Waals surface area contributed by atoms with Gasteiger partial charge in [0.2, 0.25) is 5.95 Å². The van der Waals surface area contributed by atoms with Crippen LogP contribution in [-0.2, 0) is 4.74 Å². The summed E-state index contributed by atoms with van der Waals surface area (Å²) in [7, 11) is 0. The van der Waals surface area contributed by atoms with Crippen LogP contribution < -0.4 is 10.9 Å². The molecule has 1 saturated carbocycles. The van der Waals surface area contributed by atoms with Crippen molar-refractivity contribution in [3.8, 4) is 0 Å². The monoisotopic (exact) mass is 464 g/mol. The van der Waals surface area contributed by atoms with E-state index < -0.39 is 12.1 Å². The van der Waals surface area contributed by atoms with Crippen LogP contribution >= 0.6 is 11.6 Å². The maximum absolute atomic E-state index is 13.3. The van der Waals surface area contributed by atoms with Gasteiger partial charge in [0.1, 0.15) is 5.02 Å². The summed E-state index contributed by atoms with van der Waals surface area (Å²) in [6.07, 6.45) is 5.96. The maximum Gasteiger partial charge on any atom is 0.287 e. The highest BCUT2D eigenvalue weighted by atomic mass is 35.5. The lowest BCUT2D eigenvalue weighted by Crippen LogP contribution is -2.32. The van der Waals surface area contributed by atoms with Gasteiger partial charge < -0.3 is 15.2 Å². The zero-order valence-corrected chi connectivity index (χ0v) is 19.0. The number of hydrogen-bond acceptors (Lipinski definition) is 6. The van der Waals surface area contributed by atoms with Gasteiger partial charge in [0.05, 0.1) is 30.6 Å². The molecule has 1 aliphatic carbocycles. The lowest BCUT2D eigenvalue weighted by Gasteiger charge is -2.32. The molecule has 2 aliphatic rings. The van der Waals surface area contributed by atoms with Gasteiger partial charge in [-0.05, 0) is 63.4 Å². The van der Waals surface area contributed by atoms with Crippen molar-refractivity contribution < 1.29 is 14.2 Å². The van der Waals surface area contributed by atoms with Crippen molar-refractivity contribution in [2.24, 2.45) is 11.8 Å². The Hall–Kier alpha value is -2.03. The zero-order valence-electron chi connectivity index (χ0n) is 18.3. The number of nitrogens with zero attached hydrogens (tertiary/aromatic N) is 3. The second-order valence-corrected chi connectivity index (χ2v) is 9.29. The summed E-state index contributed by atoms with van der Waals surface area (Å²) in [5.41, 5.74) is 1.43. The van der Waals surface area contributed by atoms with Gasteiger partial charge in [0.15, 0.2) is 0 Å². The Bertz CT molecular complexity index is 988. The van der Waals surface area contributed by atoms with E-state index in [2.05, 4.69) is 15.4 Å². The minimum Gasteiger partial charge on any atom is -0.388 e. The van der Waals surface area contributed by atoms with E-state index >= 15 is 0 Å². The summed E-state index contributed by atoms with van der Waals surface area (Å²) in [4.78, 5) is 16.7. The van der Waals surface area contributed by atoms with Crippen molar-refractivity contribution in [1.82, 2.24) is 14.8 Å². The molecule has 2 atom stereocenters. The molecule has 0 amide bonds. The van der Waals surface area contributed by atoms with E-state index in [1.165, 1.54) is 10.7 Å². The number of aliphatic hydroxyl groups is 1. The summed E-state index contributed by atoms with van der Waals surface area (Å²) in [5.74, 6) is -0.111. The van der Waals surface area contributed by atoms with Crippen molar-refractivity contribution in [2.75, 3.05) is 25.1 Å². The Morgan fingerprint density at radius 1 is 1.31 bits per heavy atom. The van der Waals surface area contributed by atoms with Gasteiger partial charge in [-0.15, -0.1) is 0 Å². The van der Waals surface area contributed by atoms with Crippen molar-refractivity contribution in [3.05, 3.63) is 50.9 Å². The number of halogens is 2. The van der Waals surface area contributed by atoms with Crippen LogP contribution in [0.15, 0.2) is 23.1 Å². The number of hydrogen-bond donors (Lipinski definition) is 2. The minimum atomic E-state index is -0.701. The number of aryl methyl sites for hydroxylation is 1. The molecule has 7 nitrogen and oxygen atoms in total. The van der Waals surface area contributed by atoms with Gasteiger partial charge in [0.25, 0.3) is 5.56 Å². The third-order valence-corrected chi connectivity index (χ3v) is 7.09. The van der Waals surface area contributed by atoms with Crippen molar-refractivity contribution in [1.29, 1.82) is 0 Å². The first kappa shape index (κ1) is 23.1. The van der Waals surface area contributed by atoms with E-state index in [-0.39, 0.29) is 22.5 Å². The quantitative estimate of drug-likeness (QED) is 0.627. The van der Waals surface area contributed by atoms with E-state index in [0.29, 0.717) is 42.2 Å². The van der Waals surface area contributed by atoms with Gasteiger partial charge in [-0.3, -0.25) is 4.79 Å². The Morgan fingerprint density at radius 3 is 2.78 bits per heavy atom. The Kier molecular flexibility index (Phi) is 7.43. The van der Waals surface area contributed by atoms with Crippen LogP contribution in [0.2, 0.25) is 5.02 Å². The molecule has 1 aliphatic heterocycles. The van der Waals surface area contributed by atoms with Crippen LogP contribution in [0.1, 0.15) is 61.9 Å². The fourth-order valence-corrected chi connectivity index (χ4v) is 5.02. The lowest BCUT2D eigenvalue weighted by atomic mass is 9.80. The first-order chi connectivity index (χ1) is 15.4. The molecule has 174 valence electrons. The van der Waals surface area contributed by atoms with E-state index in [1.807, 2.05) is 0 Å². The fraction of sp³-hybridized carbons (Fsp3) is 0.609. The van der Waals surface area contributed by atoms with Gasteiger partial charge in [0, 0.05) is 24.4 Å². The molecule has 0 spiro atoms. The van der Waals surface area contributed by atoms with Gasteiger partial charge in [-0.1, -0.05) is 17.7 Å². The number of aliphatic hydroxyl groups excluding tert-OH is 1. The molecule has 2 fully saturated rings. The van der Waals surface area contributed by atoms with E-state index in [9.17, 15) is 14.3 Å². The summed E-state index contributed by atoms with van der Waals surface area (Å²) in [5, 5.41) is 18.6. The molecular weight excluding hydrogens is 435 g/mol. The Balaban J connectivity index is 1.37. The van der Waals surface area contributed by atoms with Crippen molar-refractivity contribution in [2.45, 2.75) is 57.6 Å². The van der Waals surface area contributed by atoms with Crippen LogP contribution in [-0.4, -0.2) is 39.6 Å². The van der Waals surface area contributed by atoms with E-state index in [0.717, 1.165) is 38.9 Å². The molecule has 4 rings (SSSR count). The van der Waals surface area contributed by atoms with Crippen molar-refractivity contribution in [3.63, 3.8) is 0 Å². The second kappa shape index (κ2) is 10.3. The molecular formula is C23H30ClFN4O3. The molecule has 1 saturated heterocycles. The topological polar surface area (TPSA) is 89.3 Å². The average molecular weight is 465 g/mol. The first-order valence-corrected chi connectivity index (χ1v) is 11.7. The summed E-state index contributed by atoms with van der Waals surface area (Å²) in [6, 6.07) is 2.82. The second-order valence-electron chi connectivity index (χ2n) is 8.91. The molecule has 2 aromatic heterocycles. The number of pyridine rings is 1. The molecule has 0 aromatic carbocycles. The zero-order chi connectivity index (χ0) is 22.7. The van der Waals surface area contributed by atoms with E-state index in [4.69, 9.17) is 16.3 Å². The first-order valence-electron chi connectivity index (χ1n) is 11.3. The van der Waals surface area contributed by atoms with Crippen LogP contribution in [0.4, 0.5) is 10.1 Å². The predicted molar refractivity (Wildman–Crippen MR) is 120 cm³/mol. The summed E-state index contributed by atoms with van der Waals surface area (Å²) >= 11 is 6.38. The standard InChI is InChI=1S/C23H30ClFN4O3/c1-14-18(8-9-20(25)28-14)22(30)16-4-6-17(7-5-16)29-23(31)21(24)19(12-27-29)26-11-15-3-2-10-32-13-15/h8-9,12,15-17,22,26,30H,2-7,10-11,13H2,1H3. The van der Waals surface area contributed by atoms with E-state index in [1.54, 1.807) is 19.2 Å². The number of nitrogens with one attached hydrogen (secondary N) is 1. The predicted octanol–water partition coefficient (Wildman–Crippen LogP) is 4.04. The average Bonchev–Trinajstić information content (AvgIpc) is 2.80. The van der Waals surface area contributed by atoms with Crippen LogP contribution in [0, 0.1) is 24.7 Å². The fourth-order valence-electron chi connectivity index (χ4n) is 4.82. The SMILES string of the molecule is Cc1nc(F)ccc1C(O)C1CCC(n2ncc(NCC3CCCOC3)c(Cl)c2=O)CC1. The molecule has 9 heteroatoms. The highest BCUT2D eigenvalue weighted by molar-refractivity contribution is 6.32. The van der Waals surface area contributed by atoms with Crippen LogP contribution in [0.3, 0.4) is 0 Å². The number of anilines is 1. The molecule has 0 bridgehead atoms. The highest BCUT2D eigenvalue weighted by Gasteiger charge is 2.30. The van der Waals surface area contributed by atoms with Gasteiger partial charge in [-0.2, -0.15) is 9.49 Å². The third kappa shape index (κ3) is 5.13. The smallest absolute Gasteiger partial charge is 0.287 e. The van der Waals surface area contributed by atoms with Crippen LogP contribution in [0.25, 0.3) is 0 Å². The normalized spacial score (nSPS) is 24.8. The summed E-state index contributed by atoms with van der Waals surface area (Å²) < 4.78 is 20.3. The molecule has 2 unspecified atom stereocenters. The number of aromatic nitrogens is 3. The molecule has 32 heavy (non-hydrogen) atoms. The lowest BCUT2D eigenvalue weighted by molar-refractivity contribution is 0.0595. The Morgan fingerprint density at radius 2 is 2.09 bits per heavy atom. The number of ether oxygens (including phenoxy) is 1. The van der Waals surface area contributed by atoms with Crippen molar-refractivity contribution >= 4 is 17.3 Å². The highest BCUT2D eigenvalue weighted by Crippen LogP contribution is 2.39. The number of rotatable bonds is 6. The molecule has 3 heterocycles. The Labute approximate surface area is 192 Å². The summed E-state index contributed by atoms with van der Waals surface area (Å²) in [6.45, 7) is 3.94. The minimum absolute atomic E-state index is 0.0297. The maximum atomic E-state index is 13.3. The van der Waals surface area contributed by atoms with Crippen LogP contribution in [0.5, 0.6) is 0 Å². The molecule has 2 N–H and O–H groups in total. The van der Waals surface area contributed by atoms with Gasteiger partial charge >= 0.3 is 0 Å².